The lowest BCUT2D eigenvalue weighted by atomic mass is 10.00. The summed E-state index contributed by atoms with van der Waals surface area (Å²) in [5.74, 6) is -1.83. The number of guanidine groups is 1. The molecule has 43 heavy (non-hydrogen) atoms. The molecule has 2 aromatic carbocycles. The number of nitrogens with two attached hydrogens (primary N) is 2. The molecule has 0 spiro atoms. The van der Waals surface area contributed by atoms with Crippen molar-refractivity contribution >= 4 is 30.0 Å². The van der Waals surface area contributed by atoms with Crippen molar-refractivity contribution < 1.29 is 29.4 Å². The first-order chi connectivity index (χ1) is 20.5. The summed E-state index contributed by atoms with van der Waals surface area (Å²) in [5, 5.41) is 28.1. The molecule has 0 aliphatic rings. The number of aliphatic imine (C=N–C) groups is 1. The van der Waals surface area contributed by atoms with Gasteiger partial charge >= 0.3 is 0 Å². The zero-order valence-electron chi connectivity index (χ0n) is 24.7. The summed E-state index contributed by atoms with van der Waals surface area (Å²) in [5.41, 5.74) is 12.2. The Kier molecular flexibility index (Phi) is 14.7. The smallest absolute Gasteiger partial charge is 0.249 e. The molecule has 0 fully saturated rings. The van der Waals surface area contributed by atoms with E-state index in [1.54, 1.807) is 12.1 Å². The average molecular weight is 597 g/mol. The highest BCUT2D eigenvalue weighted by Gasteiger charge is 2.29. The van der Waals surface area contributed by atoms with Crippen LogP contribution in [0, 0.1) is 5.92 Å². The van der Waals surface area contributed by atoms with E-state index in [-0.39, 0.29) is 30.5 Å². The van der Waals surface area contributed by atoms with Crippen LogP contribution in [0.15, 0.2) is 59.6 Å². The summed E-state index contributed by atoms with van der Waals surface area (Å²) in [7, 11) is 0. The summed E-state index contributed by atoms with van der Waals surface area (Å²) < 4.78 is 0. The van der Waals surface area contributed by atoms with Gasteiger partial charge in [0.05, 0.1) is 6.04 Å². The van der Waals surface area contributed by atoms with Gasteiger partial charge in [0.15, 0.2) is 5.96 Å². The number of nitrogens with one attached hydrogen (secondary N) is 3. The van der Waals surface area contributed by atoms with Crippen LogP contribution in [0.5, 0.6) is 5.75 Å². The van der Waals surface area contributed by atoms with E-state index in [2.05, 4.69) is 20.9 Å². The van der Waals surface area contributed by atoms with Crippen LogP contribution in [0.25, 0.3) is 0 Å². The predicted octanol–water partition coefficient (Wildman–Crippen LogP) is 0.681. The molecular formula is C31H44N6O6. The number of aliphatic hydroxyl groups excluding tert-OH is 1. The first kappa shape index (κ1) is 34.7. The Hall–Kier alpha value is -4.45. The van der Waals surface area contributed by atoms with E-state index < -0.39 is 42.0 Å². The van der Waals surface area contributed by atoms with Crippen LogP contribution in [0.2, 0.25) is 0 Å². The Balaban J connectivity index is 2.14. The number of rotatable bonds is 18. The number of phenolic OH excluding ortho intramolecular Hbond substituents is 1. The van der Waals surface area contributed by atoms with Gasteiger partial charge in [0.2, 0.25) is 17.7 Å². The van der Waals surface area contributed by atoms with Crippen molar-refractivity contribution in [3.63, 3.8) is 0 Å². The lowest BCUT2D eigenvalue weighted by Crippen LogP contribution is -2.56. The van der Waals surface area contributed by atoms with Crippen molar-refractivity contribution in [1.82, 2.24) is 16.0 Å². The molecule has 0 heterocycles. The van der Waals surface area contributed by atoms with Gasteiger partial charge in [-0.2, -0.15) is 0 Å². The minimum Gasteiger partial charge on any atom is -0.508 e. The number of carbonyl (C=O) groups excluding carboxylic acids is 4. The lowest BCUT2D eigenvalue weighted by molar-refractivity contribution is -0.135. The molecule has 0 bridgehead atoms. The molecule has 234 valence electrons. The molecule has 0 aliphatic carbocycles. The van der Waals surface area contributed by atoms with Gasteiger partial charge in [-0.1, -0.05) is 56.3 Å². The van der Waals surface area contributed by atoms with E-state index >= 15 is 0 Å². The summed E-state index contributed by atoms with van der Waals surface area (Å²) in [6, 6.07) is 12.7. The normalized spacial score (nSPS) is 13.7. The predicted molar refractivity (Wildman–Crippen MR) is 164 cm³/mol. The number of hydrogen-bond donors (Lipinski definition) is 7. The van der Waals surface area contributed by atoms with Gasteiger partial charge < -0.3 is 42.4 Å². The molecule has 0 saturated heterocycles. The van der Waals surface area contributed by atoms with Crippen LogP contribution in [-0.4, -0.2) is 71.0 Å². The van der Waals surface area contributed by atoms with Gasteiger partial charge in [-0.15, -0.1) is 0 Å². The zero-order chi connectivity index (χ0) is 31.8. The minimum atomic E-state index is -1.45. The zero-order valence-corrected chi connectivity index (χ0v) is 24.7. The van der Waals surface area contributed by atoms with Crippen LogP contribution in [0.1, 0.15) is 50.7 Å². The Morgan fingerprint density at radius 2 is 1.49 bits per heavy atom. The number of carbonyl (C=O) groups is 4. The molecule has 2 rings (SSSR count). The maximum absolute atomic E-state index is 13.5. The van der Waals surface area contributed by atoms with E-state index in [1.807, 2.05) is 44.2 Å². The van der Waals surface area contributed by atoms with Crippen LogP contribution in [0.3, 0.4) is 0 Å². The van der Waals surface area contributed by atoms with Gasteiger partial charge in [0.25, 0.3) is 0 Å². The van der Waals surface area contributed by atoms with Crippen molar-refractivity contribution in [2.45, 2.75) is 76.6 Å². The average Bonchev–Trinajstić information content (AvgIpc) is 2.97. The highest BCUT2D eigenvalue weighted by atomic mass is 16.3. The molecule has 4 atom stereocenters. The number of aldehydes is 1. The molecule has 0 saturated carbocycles. The number of aromatic hydroxyl groups is 1. The van der Waals surface area contributed by atoms with Gasteiger partial charge in [0.1, 0.15) is 30.2 Å². The van der Waals surface area contributed by atoms with E-state index in [4.69, 9.17) is 11.5 Å². The van der Waals surface area contributed by atoms with Crippen molar-refractivity contribution in [3.8, 4) is 5.75 Å². The second-order valence-electron chi connectivity index (χ2n) is 10.9. The first-order valence-electron chi connectivity index (χ1n) is 14.4. The second kappa shape index (κ2) is 18.2. The standard InChI is InChI=1S/C31H44N6O6/c1-20(2)17-26(29(42)35-23(19-38)9-6-16-34-31(32)33)37-28(41)25(15-12-21-7-4-3-5-8-21)36-30(43)27(40)18-22-10-13-24(39)14-11-22/h3-5,7-8,10-11,13-14,19-20,23,25-27,39-40H,6,9,12,15-18H2,1-2H3,(H,35,42)(H,36,43)(H,37,41)(H4,32,33,34). The van der Waals surface area contributed by atoms with Crippen LogP contribution >= 0.6 is 0 Å². The molecule has 0 aromatic heterocycles. The molecule has 0 aliphatic heterocycles. The van der Waals surface area contributed by atoms with Crippen LogP contribution in [-0.2, 0) is 32.0 Å². The summed E-state index contributed by atoms with van der Waals surface area (Å²) in [4.78, 5) is 55.2. The van der Waals surface area contributed by atoms with E-state index in [0.29, 0.717) is 44.1 Å². The Labute approximate surface area is 252 Å². The Morgan fingerprint density at radius 3 is 2.09 bits per heavy atom. The summed E-state index contributed by atoms with van der Waals surface area (Å²) in [6.45, 7) is 4.09. The van der Waals surface area contributed by atoms with Crippen LogP contribution < -0.4 is 27.4 Å². The number of amides is 3. The van der Waals surface area contributed by atoms with Gasteiger partial charge in [0, 0.05) is 13.0 Å². The van der Waals surface area contributed by atoms with Crippen molar-refractivity contribution in [2.75, 3.05) is 6.54 Å². The maximum atomic E-state index is 13.5. The van der Waals surface area contributed by atoms with E-state index in [0.717, 1.165) is 5.56 Å². The SMILES string of the molecule is CC(C)CC(NC(=O)C(CCc1ccccc1)NC(=O)C(O)Cc1ccc(O)cc1)C(=O)NC(C=O)CCCN=C(N)N. The van der Waals surface area contributed by atoms with Gasteiger partial charge in [-0.25, -0.2) is 0 Å². The number of hydrogen-bond acceptors (Lipinski definition) is 7. The van der Waals surface area contributed by atoms with E-state index in [9.17, 15) is 29.4 Å². The third-order valence-electron chi connectivity index (χ3n) is 6.67. The molecule has 12 nitrogen and oxygen atoms in total. The molecule has 9 N–H and O–H groups in total. The Morgan fingerprint density at radius 1 is 0.860 bits per heavy atom. The fourth-order valence-electron chi connectivity index (χ4n) is 4.39. The molecule has 4 unspecified atom stereocenters. The number of nitrogens with zero attached hydrogens (tertiary/aromatic N) is 1. The number of aliphatic hydroxyl groups is 1. The second-order valence-corrected chi connectivity index (χ2v) is 10.9. The summed E-state index contributed by atoms with van der Waals surface area (Å²) in [6.07, 6.45) is 0.890. The number of benzene rings is 2. The van der Waals surface area contributed by atoms with E-state index in [1.165, 1.54) is 12.1 Å². The van der Waals surface area contributed by atoms with Gasteiger partial charge in [-0.05, 0) is 61.3 Å². The maximum Gasteiger partial charge on any atom is 0.249 e. The number of phenols is 1. The highest BCUT2D eigenvalue weighted by Crippen LogP contribution is 2.13. The Bertz CT molecular complexity index is 1200. The highest BCUT2D eigenvalue weighted by molar-refractivity contribution is 5.93. The molecule has 12 heteroatoms. The summed E-state index contributed by atoms with van der Waals surface area (Å²) >= 11 is 0. The lowest BCUT2D eigenvalue weighted by Gasteiger charge is -2.26. The molecule has 2 aromatic rings. The van der Waals surface area contributed by atoms with Crippen LogP contribution in [0.4, 0.5) is 0 Å². The third-order valence-corrected chi connectivity index (χ3v) is 6.67. The molecular weight excluding hydrogens is 552 g/mol. The topological polar surface area (TPSA) is 209 Å². The van der Waals surface area contributed by atoms with Crippen molar-refractivity contribution in [2.24, 2.45) is 22.4 Å². The number of aryl methyl sites for hydroxylation is 1. The first-order valence-corrected chi connectivity index (χ1v) is 14.4. The largest absolute Gasteiger partial charge is 0.508 e. The fourth-order valence-corrected chi connectivity index (χ4v) is 4.39. The fraction of sp³-hybridized carbons (Fsp3) is 0.452. The monoisotopic (exact) mass is 596 g/mol. The van der Waals surface area contributed by atoms with Crippen molar-refractivity contribution in [3.05, 3.63) is 65.7 Å². The quantitative estimate of drug-likeness (QED) is 0.0562. The van der Waals surface area contributed by atoms with Crippen molar-refractivity contribution in [1.29, 1.82) is 0 Å². The van der Waals surface area contributed by atoms with Gasteiger partial charge in [-0.3, -0.25) is 19.4 Å². The molecule has 3 amide bonds. The molecule has 0 radical (unpaired) electrons. The minimum absolute atomic E-state index is 0.0201. The third kappa shape index (κ3) is 13.4.